The van der Waals surface area contributed by atoms with Crippen LogP contribution in [0.1, 0.15) is 38.2 Å². The molecule has 0 bridgehead atoms. The third-order valence-corrected chi connectivity index (χ3v) is 3.37. The first-order chi connectivity index (χ1) is 10.5. The van der Waals surface area contributed by atoms with Crippen molar-refractivity contribution in [1.82, 2.24) is 4.90 Å². The van der Waals surface area contributed by atoms with E-state index in [4.69, 9.17) is 9.84 Å². The Morgan fingerprint density at radius 1 is 1.23 bits per heavy atom. The summed E-state index contributed by atoms with van der Waals surface area (Å²) in [6.07, 6.45) is 1.98. The number of nitrogens with zero attached hydrogens (tertiary/aromatic N) is 1. The first-order valence-corrected chi connectivity index (χ1v) is 7.72. The number of carbonyl (C=O) groups is 2. The Labute approximate surface area is 131 Å². The van der Waals surface area contributed by atoms with Crippen molar-refractivity contribution in [2.45, 2.75) is 39.5 Å². The molecule has 0 aliphatic rings. The first-order valence-electron chi connectivity index (χ1n) is 7.72. The molecular formula is C17H25NO4. The molecular weight excluding hydrogens is 282 g/mol. The lowest BCUT2D eigenvalue weighted by Crippen LogP contribution is -2.32. The van der Waals surface area contributed by atoms with Gasteiger partial charge in [-0.15, -0.1) is 0 Å². The minimum atomic E-state index is -0.877. The Morgan fingerprint density at radius 3 is 2.64 bits per heavy atom. The summed E-state index contributed by atoms with van der Waals surface area (Å²) >= 11 is 0. The van der Waals surface area contributed by atoms with Crippen LogP contribution in [0.5, 0.6) is 5.75 Å². The van der Waals surface area contributed by atoms with Crippen molar-refractivity contribution in [2.24, 2.45) is 0 Å². The fourth-order valence-electron chi connectivity index (χ4n) is 2.12. The number of carboxylic acid groups (broad SMARTS) is 1. The highest BCUT2D eigenvalue weighted by atomic mass is 16.5. The Kier molecular flexibility index (Phi) is 8.04. The standard InChI is InChI=1S/C17H25NO4/c1-3-18(11-10-17(20)21)16(19)9-4-5-12-22-15-8-6-7-14(2)13-15/h6-8,13H,3-5,9-12H2,1-2H3,(H,20,21). The van der Waals surface area contributed by atoms with E-state index < -0.39 is 5.97 Å². The lowest BCUT2D eigenvalue weighted by atomic mass is 10.2. The van der Waals surface area contributed by atoms with Crippen LogP contribution in [0, 0.1) is 6.92 Å². The second kappa shape index (κ2) is 9.82. The van der Waals surface area contributed by atoms with E-state index in [1.165, 1.54) is 0 Å². The van der Waals surface area contributed by atoms with Gasteiger partial charge >= 0.3 is 5.97 Å². The van der Waals surface area contributed by atoms with Gasteiger partial charge in [0.1, 0.15) is 5.75 Å². The Bertz CT molecular complexity index is 487. The Morgan fingerprint density at radius 2 is 2.00 bits per heavy atom. The number of hydrogen-bond acceptors (Lipinski definition) is 3. The molecule has 0 aliphatic heterocycles. The topological polar surface area (TPSA) is 66.8 Å². The lowest BCUT2D eigenvalue weighted by Gasteiger charge is -2.19. The molecule has 0 saturated carbocycles. The Balaban J connectivity index is 2.19. The number of ether oxygens (including phenoxy) is 1. The highest BCUT2D eigenvalue weighted by molar-refractivity contribution is 5.77. The lowest BCUT2D eigenvalue weighted by molar-refractivity contribution is -0.138. The molecule has 0 saturated heterocycles. The van der Waals surface area contributed by atoms with Crippen molar-refractivity contribution in [3.63, 3.8) is 0 Å². The highest BCUT2D eigenvalue weighted by Crippen LogP contribution is 2.13. The van der Waals surface area contributed by atoms with Gasteiger partial charge < -0.3 is 14.7 Å². The molecule has 0 aliphatic carbocycles. The number of aryl methyl sites for hydroxylation is 1. The van der Waals surface area contributed by atoms with Gasteiger partial charge in [0.2, 0.25) is 5.91 Å². The van der Waals surface area contributed by atoms with Crippen LogP contribution in [-0.4, -0.2) is 41.6 Å². The summed E-state index contributed by atoms with van der Waals surface area (Å²) in [7, 11) is 0. The van der Waals surface area contributed by atoms with E-state index in [0.717, 1.165) is 24.2 Å². The van der Waals surface area contributed by atoms with Gasteiger partial charge in [-0.3, -0.25) is 9.59 Å². The van der Waals surface area contributed by atoms with Crippen LogP contribution in [0.4, 0.5) is 0 Å². The van der Waals surface area contributed by atoms with Crippen molar-refractivity contribution >= 4 is 11.9 Å². The van der Waals surface area contributed by atoms with Gasteiger partial charge in [0, 0.05) is 19.5 Å². The second-order valence-electron chi connectivity index (χ2n) is 5.24. The number of hydrogen-bond donors (Lipinski definition) is 1. The largest absolute Gasteiger partial charge is 0.494 e. The molecule has 5 nitrogen and oxygen atoms in total. The summed E-state index contributed by atoms with van der Waals surface area (Å²) in [4.78, 5) is 24.1. The van der Waals surface area contributed by atoms with Crippen molar-refractivity contribution < 1.29 is 19.4 Å². The van der Waals surface area contributed by atoms with Gasteiger partial charge in [-0.2, -0.15) is 0 Å². The first kappa shape index (κ1) is 18.0. The van der Waals surface area contributed by atoms with Gasteiger partial charge in [0.15, 0.2) is 0 Å². The number of benzene rings is 1. The fourth-order valence-corrected chi connectivity index (χ4v) is 2.12. The number of unbranched alkanes of at least 4 members (excludes halogenated alkanes) is 1. The van der Waals surface area contributed by atoms with Gasteiger partial charge in [-0.25, -0.2) is 0 Å². The summed E-state index contributed by atoms with van der Waals surface area (Å²) in [5, 5.41) is 8.66. The SMILES string of the molecule is CCN(CCC(=O)O)C(=O)CCCCOc1cccc(C)c1. The number of aliphatic carboxylic acids is 1. The van der Waals surface area contributed by atoms with Crippen LogP contribution in [0.25, 0.3) is 0 Å². The molecule has 1 aromatic carbocycles. The zero-order chi connectivity index (χ0) is 16.4. The van der Waals surface area contributed by atoms with Crippen molar-refractivity contribution in [3.05, 3.63) is 29.8 Å². The third-order valence-electron chi connectivity index (χ3n) is 3.37. The van der Waals surface area contributed by atoms with E-state index in [9.17, 15) is 9.59 Å². The van der Waals surface area contributed by atoms with Crippen LogP contribution in [0.3, 0.4) is 0 Å². The maximum absolute atomic E-state index is 12.0. The molecule has 5 heteroatoms. The predicted octanol–water partition coefficient (Wildman–Crippen LogP) is 2.87. The predicted molar refractivity (Wildman–Crippen MR) is 85.0 cm³/mol. The maximum Gasteiger partial charge on any atom is 0.305 e. The average Bonchev–Trinajstić information content (AvgIpc) is 2.47. The van der Waals surface area contributed by atoms with Gasteiger partial charge in [0.05, 0.1) is 13.0 Å². The van der Waals surface area contributed by atoms with Gasteiger partial charge in [-0.1, -0.05) is 12.1 Å². The molecule has 1 amide bonds. The Hall–Kier alpha value is -2.04. The quantitative estimate of drug-likeness (QED) is 0.675. The number of carboxylic acids is 1. The molecule has 0 spiro atoms. The molecule has 0 aromatic heterocycles. The van der Waals surface area contributed by atoms with Crippen molar-refractivity contribution in [3.8, 4) is 5.75 Å². The van der Waals surface area contributed by atoms with E-state index in [0.29, 0.717) is 19.6 Å². The maximum atomic E-state index is 12.0. The summed E-state index contributed by atoms with van der Waals surface area (Å²) < 4.78 is 5.63. The molecule has 22 heavy (non-hydrogen) atoms. The minimum Gasteiger partial charge on any atom is -0.494 e. The van der Waals surface area contributed by atoms with Crippen LogP contribution >= 0.6 is 0 Å². The molecule has 0 radical (unpaired) electrons. The zero-order valence-corrected chi connectivity index (χ0v) is 13.4. The van der Waals surface area contributed by atoms with Crippen LogP contribution in [0.2, 0.25) is 0 Å². The molecule has 1 aromatic rings. The summed E-state index contributed by atoms with van der Waals surface area (Å²) in [5.74, 6) is -0.0138. The van der Waals surface area contributed by atoms with Crippen molar-refractivity contribution in [2.75, 3.05) is 19.7 Å². The number of amides is 1. The summed E-state index contributed by atoms with van der Waals surface area (Å²) in [6.45, 7) is 5.29. The smallest absolute Gasteiger partial charge is 0.305 e. The van der Waals surface area contributed by atoms with E-state index in [1.807, 2.05) is 38.1 Å². The molecule has 0 heterocycles. The molecule has 0 unspecified atom stereocenters. The van der Waals surface area contributed by atoms with Crippen LogP contribution in [0.15, 0.2) is 24.3 Å². The highest BCUT2D eigenvalue weighted by Gasteiger charge is 2.12. The molecule has 0 atom stereocenters. The minimum absolute atomic E-state index is 0.00392. The molecule has 1 rings (SSSR count). The molecule has 0 fully saturated rings. The number of rotatable bonds is 10. The van der Waals surface area contributed by atoms with Crippen LogP contribution < -0.4 is 4.74 Å². The summed E-state index contributed by atoms with van der Waals surface area (Å²) in [5.41, 5.74) is 1.16. The van der Waals surface area contributed by atoms with Crippen molar-refractivity contribution in [1.29, 1.82) is 0 Å². The average molecular weight is 307 g/mol. The fraction of sp³-hybridized carbons (Fsp3) is 0.529. The summed E-state index contributed by atoms with van der Waals surface area (Å²) in [6, 6.07) is 7.87. The monoisotopic (exact) mass is 307 g/mol. The van der Waals surface area contributed by atoms with E-state index in [-0.39, 0.29) is 18.9 Å². The number of carbonyl (C=O) groups excluding carboxylic acids is 1. The van der Waals surface area contributed by atoms with Gasteiger partial charge in [0.25, 0.3) is 0 Å². The normalized spacial score (nSPS) is 10.3. The van der Waals surface area contributed by atoms with E-state index in [2.05, 4.69) is 0 Å². The zero-order valence-electron chi connectivity index (χ0n) is 13.4. The second-order valence-corrected chi connectivity index (χ2v) is 5.24. The van der Waals surface area contributed by atoms with E-state index in [1.54, 1.807) is 4.90 Å². The van der Waals surface area contributed by atoms with E-state index >= 15 is 0 Å². The van der Waals surface area contributed by atoms with Crippen LogP contribution in [-0.2, 0) is 9.59 Å². The van der Waals surface area contributed by atoms with Gasteiger partial charge in [-0.05, 0) is 44.4 Å². The molecule has 1 N–H and O–H groups in total. The molecule has 122 valence electrons. The third kappa shape index (κ3) is 7.11.